The van der Waals surface area contributed by atoms with E-state index in [4.69, 9.17) is 4.99 Å². The van der Waals surface area contributed by atoms with E-state index in [2.05, 4.69) is 60.6 Å². The number of fused-ring (bicyclic) bond motifs is 1. The average molecular weight is 506 g/mol. The summed E-state index contributed by atoms with van der Waals surface area (Å²) in [5.41, 5.74) is 3.11. The predicted molar refractivity (Wildman–Crippen MR) is 126 cm³/mol. The molecule has 0 saturated carbocycles. The minimum Gasteiger partial charge on any atom is -0.357 e. The fourth-order valence-corrected chi connectivity index (χ4v) is 3.43. The Balaban J connectivity index is 0.00000240. The summed E-state index contributed by atoms with van der Waals surface area (Å²) in [4.78, 5) is 22.7. The van der Waals surface area contributed by atoms with E-state index in [1.54, 1.807) is 12.4 Å². The van der Waals surface area contributed by atoms with Crippen LogP contribution in [-0.4, -0.2) is 62.9 Å². The molecule has 1 N–H and O–H groups in total. The minimum absolute atomic E-state index is 0. The summed E-state index contributed by atoms with van der Waals surface area (Å²) in [6.07, 6.45) is 5.65. The number of aryl methyl sites for hydroxylation is 1. The third-order valence-electron chi connectivity index (χ3n) is 4.89. The molecule has 4 heterocycles. The van der Waals surface area contributed by atoms with Gasteiger partial charge in [-0.15, -0.1) is 24.0 Å². The number of pyridine rings is 1. The standard InChI is InChI=1S/C20H26N8.HI/c1-3-21-19(24-14-17-15-28-16(2)6-4-7-18(28)25-17)26-10-12-27(13-11-26)20-22-8-5-9-23-20;/h4-9,15H,3,10-14H2,1-2H3,(H,21,24);1H. The van der Waals surface area contributed by atoms with E-state index in [1.165, 1.54) is 5.69 Å². The molecule has 0 bridgehead atoms. The van der Waals surface area contributed by atoms with Gasteiger partial charge in [0.05, 0.1) is 12.2 Å². The Labute approximate surface area is 188 Å². The van der Waals surface area contributed by atoms with Crippen LogP contribution in [0.25, 0.3) is 5.65 Å². The summed E-state index contributed by atoms with van der Waals surface area (Å²) < 4.78 is 2.11. The highest BCUT2D eigenvalue weighted by Crippen LogP contribution is 2.12. The molecule has 29 heavy (non-hydrogen) atoms. The van der Waals surface area contributed by atoms with Crippen LogP contribution in [0.4, 0.5) is 5.95 Å². The van der Waals surface area contributed by atoms with E-state index >= 15 is 0 Å². The van der Waals surface area contributed by atoms with E-state index in [-0.39, 0.29) is 24.0 Å². The SMILES string of the molecule is CCNC(=NCc1cn2c(C)cccc2n1)N1CCN(c2ncccn2)CC1.I. The Bertz CT molecular complexity index is 948. The van der Waals surface area contributed by atoms with Crippen molar-refractivity contribution in [2.45, 2.75) is 20.4 Å². The van der Waals surface area contributed by atoms with Crippen molar-refractivity contribution in [2.75, 3.05) is 37.6 Å². The van der Waals surface area contributed by atoms with Crippen molar-refractivity contribution in [1.29, 1.82) is 0 Å². The zero-order valence-corrected chi connectivity index (χ0v) is 19.2. The van der Waals surface area contributed by atoms with Gasteiger partial charge >= 0.3 is 0 Å². The summed E-state index contributed by atoms with van der Waals surface area (Å²) in [7, 11) is 0. The highest BCUT2D eigenvalue weighted by molar-refractivity contribution is 14.0. The third-order valence-corrected chi connectivity index (χ3v) is 4.89. The van der Waals surface area contributed by atoms with Gasteiger partial charge in [-0.05, 0) is 32.0 Å². The highest BCUT2D eigenvalue weighted by Gasteiger charge is 2.21. The van der Waals surface area contributed by atoms with Crippen LogP contribution in [-0.2, 0) is 6.54 Å². The Morgan fingerprint density at radius 3 is 2.55 bits per heavy atom. The van der Waals surface area contributed by atoms with Crippen molar-refractivity contribution in [3.63, 3.8) is 0 Å². The number of hydrogen-bond acceptors (Lipinski definition) is 5. The van der Waals surface area contributed by atoms with Crippen LogP contribution < -0.4 is 10.2 Å². The maximum atomic E-state index is 4.84. The fourth-order valence-electron chi connectivity index (χ4n) is 3.43. The van der Waals surface area contributed by atoms with Gasteiger partial charge in [-0.2, -0.15) is 0 Å². The van der Waals surface area contributed by atoms with E-state index in [0.29, 0.717) is 6.54 Å². The lowest BCUT2D eigenvalue weighted by atomic mass is 10.3. The zero-order valence-electron chi connectivity index (χ0n) is 16.8. The first kappa shape index (κ1) is 21.3. The molecule has 0 amide bonds. The molecule has 154 valence electrons. The summed E-state index contributed by atoms with van der Waals surface area (Å²) in [6.45, 7) is 9.10. The van der Waals surface area contributed by atoms with Crippen molar-refractivity contribution in [3.8, 4) is 0 Å². The lowest BCUT2D eigenvalue weighted by Crippen LogP contribution is -2.53. The molecule has 8 nitrogen and oxygen atoms in total. The van der Waals surface area contributed by atoms with Crippen molar-refractivity contribution < 1.29 is 0 Å². The van der Waals surface area contributed by atoms with Crippen molar-refractivity contribution in [3.05, 3.63) is 54.2 Å². The second kappa shape index (κ2) is 9.86. The zero-order chi connectivity index (χ0) is 19.3. The van der Waals surface area contributed by atoms with Crippen molar-refractivity contribution >= 4 is 41.5 Å². The number of nitrogens with one attached hydrogen (secondary N) is 1. The van der Waals surface area contributed by atoms with Gasteiger partial charge in [0.1, 0.15) is 5.65 Å². The first-order valence-corrected chi connectivity index (χ1v) is 9.73. The van der Waals surface area contributed by atoms with Crippen molar-refractivity contribution in [2.24, 2.45) is 4.99 Å². The van der Waals surface area contributed by atoms with E-state index in [0.717, 1.165) is 56.0 Å². The molecule has 9 heteroatoms. The van der Waals surface area contributed by atoms with Crippen LogP contribution in [0.2, 0.25) is 0 Å². The third kappa shape index (κ3) is 4.95. The molecule has 1 fully saturated rings. The number of imidazole rings is 1. The maximum Gasteiger partial charge on any atom is 0.225 e. The van der Waals surface area contributed by atoms with Gasteiger partial charge in [0.25, 0.3) is 0 Å². The number of hydrogen-bond donors (Lipinski definition) is 1. The summed E-state index contributed by atoms with van der Waals surface area (Å²) in [6, 6.07) is 7.99. The van der Waals surface area contributed by atoms with Gasteiger partial charge in [0.15, 0.2) is 5.96 Å². The summed E-state index contributed by atoms with van der Waals surface area (Å²) in [5, 5.41) is 3.41. The van der Waals surface area contributed by atoms with Gasteiger partial charge in [0, 0.05) is 57.0 Å². The summed E-state index contributed by atoms with van der Waals surface area (Å²) >= 11 is 0. The molecule has 0 radical (unpaired) electrons. The maximum absolute atomic E-state index is 4.84. The summed E-state index contributed by atoms with van der Waals surface area (Å²) in [5.74, 6) is 1.73. The van der Waals surface area contributed by atoms with Crippen LogP contribution in [0.3, 0.4) is 0 Å². The number of aliphatic imine (C=N–C) groups is 1. The number of guanidine groups is 1. The monoisotopic (exact) mass is 506 g/mol. The van der Waals surface area contributed by atoms with Gasteiger partial charge in [-0.25, -0.2) is 19.9 Å². The second-order valence-corrected chi connectivity index (χ2v) is 6.82. The highest BCUT2D eigenvalue weighted by atomic mass is 127. The molecular formula is C20H27IN8. The average Bonchev–Trinajstić information content (AvgIpc) is 3.16. The first-order chi connectivity index (χ1) is 13.7. The van der Waals surface area contributed by atoms with E-state index < -0.39 is 0 Å². The Morgan fingerprint density at radius 1 is 1.10 bits per heavy atom. The number of anilines is 1. The molecule has 0 aromatic carbocycles. The molecule has 3 aromatic rings. The molecular weight excluding hydrogens is 479 g/mol. The quantitative estimate of drug-likeness (QED) is 0.333. The van der Waals surface area contributed by atoms with Crippen LogP contribution in [0, 0.1) is 6.92 Å². The smallest absolute Gasteiger partial charge is 0.225 e. The topological polar surface area (TPSA) is 74.0 Å². The first-order valence-electron chi connectivity index (χ1n) is 9.73. The molecule has 0 atom stereocenters. The number of aromatic nitrogens is 4. The molecule has 4 rings (SSSR count). The number of halogens is 1. The molecule has 1 aliphatic heterocycles. The van der Waals surface area contributed by atoms with Gasteiger partial charge in [-0.3, -0.25) is 0 Å². The molecule has 1 saturated heterocycles. The van der Waals surface area contributed by atoms with Crippen LogP contribution >= 0.6 is 24.0 Å². The number of rotatable bonds is 4. The van der Waals surface area contributed by atoms with Gasteiger partial charge < -0.3 is 19.5 Å². The molecule has 0 spiro atoms. The Morgan fingerprint density at radius 2 is 1.86 bits per heavy atom. The fraction of sp³-hybridized carbons (Fsp3) is 0.400. The van der Waals surface area contributed by atoms with Crippen LogP contribution in [0.1, 0.15) is 18.3 Å². The van der Waals surface area contributed by atoms with E-state index in [9.17, 15) is 0 Å². The predicted octanol–water partition coefficient (Wildman–Crippen LogP) is 2.34. The molecule has 3 aromatic heterocycles. The molecule has 0 aliphatic carbocycles. The van der Waals surface area contributed by atoms with Crippen LogP contribution in [0.5, 0.6) is 0 Å². The number of piperazine rings is 1. The lowest BCUT2D eigenvalue weighted by Gasteiger charge is -2.36. The van der Waals surface area contributed by atoms with Gasteiger partial charge in [-0.1, -0.05) is 6.07 Å². The normalized spacial score (nSPS) is 14.8. The van der Waals surface area contributed by atoms with E-state index in [1.807, 2.05) is 18.2 Å². The Hall–Kier alpha value is -2.43. The largest absolute Gasteiger partial charge is 0.357 e. The minimum atomic E-state index is 0. The molecule has 0 unspecified atom stereocenters. The lowest BCUT2D eigenvalue weighted by molar-refractivity contribution is 0.370. The van der Waals surface area contributed by atoms with Crippen molar-refractivity contribution in [1.82, 2.24) is 29.6 Å². The number of nitrogens with zero attached hydrogens (tertiary/aromatic N) is 7. The van der Waals surface area contributed by atoms with Crippen LogP contribution in [0.15, 0.2) is 47.8 Å². The van der Waals surface area contributed by atoms with Gasteiger partial charge in [0.2, 0.25) is 5.95 Å². The molecule has 1 aliphatic rings. The second-order valence-electron chi connectivity index (χ2n) is 6.82. The Kier molecular flexibility index (Phi) is 7.24.